The van der Waals surface area contributed by atoms with Crippen LogP contribution in [0.5, 0.6) is 0 Å². The molecule has 2 aromatic rings. The average molecular weight is 299 g/mol. The maximum absolute atomic E-state index is 12.0. The maximum Gasteiger partial charge on any atom is 0.343 e. The van der Waals surface area contributed by atoms with Crippen molar-refractivity contribution in [3.05, 3.63) is 42.1 Å². The highest BCUT2D eigenvalue weighted by Crippen LogP contribution is 2.24. The Labute approximate surface area is 128 Å². The van der Waals surface area contributed by atoms with Gasteiger partial charge >= 0.3 is 5.97 Å². The molecule has 1 aliphatic rings. The number of nitrogens with zero attached hydrogens (tertiary/aromatic N) is 3. The molecule has 0 spiro atoms. The van der Waals surface area contributed by atoms with E-state index in [-0.39, 0.29) is 5.97 Å². The second-order valence-corrected chi connectivity index (χ2v) is 4.91. The Morgan fingerprint density at radius 1 is 1.32 bits per heavy atom. The number of carbonyl (C=O) groups excluding carboxylic acids is 1. The summed E-state index contributed by atoms with van der Waals surface area (Å²) in [5.41, 5.74) is 1.31. The van der Waals surface area contributed by atoms with Crippen LogP contribution < -0.4 is 4.90 Å². The summed E-state index contributed by atoms with van der Waals surface area (Å²) in [4.78, 5) is 22.9. The van der Waals surface area contributed by atoms with Crippen LogP contribution in [0.3, 0.4) is 0 Å². The topological polar surface area (TPSA) is 64.6 Å². The zero-order valence-corrected chi connectivity index (χ0v) is 12.4. The van der Waals surface area contributed by atoms with Crippen molar-refractivity contribution < 1.29 is 14.3 Å². The molecular formula is C16H17N3O3. The minimum atomic E-state index is -0.380. The molecule has 6 heteroatoms. The first kappa shape index (κ1) is 14.5. The van der Waals surface area contributed by atoms with E-state index in [0.717, 1.165) is 5.56 Å². The van der Waals surface area contributed by atoms with Crippen LogP contribution in [-0.4, -0.2) is 49.4 Å². The largest absolute Gasteiger partial charge is 0.460 e. The fourth-order valence-corrected chi connectivity index (χ4v) is 2.34. The summed E-state index contributed by atoms with van der Waals surface area (Å²) in [6.45, 7) is 2.12. The standard InChI is InChI=1S/C16H17N3O3/c1-21-9-7-19-8-10-22-16(20)13-11-17-14(18-15(13)19)12-5-3-2-4-6-12/h2-6,11H,7-10H2,1H3. The van der Waals surface area contributed by atoms with Crippen LogP contribution in [0.1, 0.15) is 10.4 Å². The first-order valence-electron chi connectivity index (χ1n) is 7.13. The molecule has 1 aromatic heterocycles. The van der Waals surface area contributed by atoms with E-state index in [1.165, 1.54) is 6.20 Å². The van der Waals surface area contributed by atoms with E-state index in [0.29, 0.717) is 43.5 Å². The predicted octanol–water partition coefficient (Wildman–Crippen LogP) is 1.77. The maximum atomic E-state index is 12.0. The van der Waals surface area contributed by atoms with Crippen LogP contribution in [0, 0.1) is 0 Å². The van der Waals surface area contributed by atoms with Gasteiger partial charge in [-0.1, -0.05) is 30.3 Å². The number of ether oxygens (including phenoxy) is 2. The van der Waals surface area contributed by atoms with Crippen LogP contribution >= 0.6 is 0 Å². The lowest BCUT2D eigenvalue weighted by atomic mass is 10.2. The molecule has 0 atom stereocenters. The average Bonchev–Trinajstić information content (AvgIpc) is 2.72. The highest BCUT2D eigenvalue weighted by molar-refractivity contribution is 5.95. The smallest absolute Gasteiger partial charge is 0.343 e. The van der Waals surface area contributed by atoms with E-state index >= 15 is 0 Å². The molecule has 0 aliphatic carbocycles. The van der Waals surface area contributed by atoms with Gasteiger partial charge in [-0.3, -0.25) is 0 Å². The Kier molecular flexibility index (Phi) is 4.29. The predicted molar refractivity (Wildman–Crippen MR) is 81.8 cm³/mol. The molecule has 1 aromatic carbocycles. The van der Waals surface area contributed by atoms with E-state index in [1.54, 1.807) is 7.11 Å². The van der Waals surface area contributed by atoms with Gasteiger partial charge in [-0.2, -0.15) is 0 Å². The highest BCUT2D eigenvalue weighted by Gasteiger charge is 2.24. The third kappa shape index (κ3) is 2.92. The van der Waals surface area contributed by atoms with Crippen molar-refractivity contribution in [3.63, 3.8) is 0 Å². The summed E-state index contributed by atoms with van der Waals surface area (Å²) >= 11 is 0. The van der Waals surface area contributed by atoms with E-state index in [1.807, 2.05) is 35.2 Å². The molecule has 0 amide bonds. The lowest BCUT2D eigenvalue weighted by molar-refractivity contribution is 0.0525. The van der Waals surface area contributed by atoms with Crippen LogP contribution in [-0.2, 0) is 9.47 Å². The van der Waals surface area contributed by atoms with Gasteiger partial charge in [0.25, 0.3) is 0 Å². The molecule has 0 radical (unpaired) electrons. The summed E-state index contributed by atoms with van der Waals surface area (Å²) in [7, 11) is 1.65. The minimum absolute atomic E-state index is 0.333. The Morgan fingerprint density at radius 2 is 2.14 bits per heavy atom. The monoisotopic (exact) mass is 299 g/mol. The van der Waals surface area contributed by atoms with Crippen molar-refractivity contribution >= 4 is 11.8 Å². The SMILES string of the molecule is COCCN1CCOC(=O)c2cnc(-c3ccccc3)nc21. The normalized spacial score (nSPS) is 14.2. The molecular weight excluding hydrogens is 282 g/mol. The number of rotatable bonds is 4. The molecule has 0 bridgehead atoms. The van der Waals surface area contributed by atoms with Crippen molar-refractivity contribution in [2.75, 3.05) is 38.3 Å². The van der Waals surface area contributed by atoms with Gasteiger partial charge in [0.1, 0.15) is 18.0 Å². The zero-order chi connectivity index (χ0) is 15.4. The number of esters is 1. The van der Waals surface area contributed by atoms with Crippen LogP contribution in [0.25, 0.3) is 11.4 Å². The Balaban J connectivity index is 2.02. The zero-order valence-electron chi connectivity index (χ0n) is 12.4. The lowest BCUT2D eigenvalue weighted by Crippen LogP contribution is -2.30. The molecule has 0 N–H and O–H groups in total. The van der Waals surface area contributed by atoms with E-state index < -0.39 is 0 Å². The van der Waals surface area contributed by atoms with Gasteiger partial charge in [-0.15, -0.1) is 0 Å². The molecule has 0 saturated heterocycles. The van der Waals surface area contributed by atoms with Gasteiger partial charge < -0.3 is 14.4 Å². The van der Waals surface area contributed by atoms with Crippen LogP contribution in [0.2, 0.25) is 0 Å². The van der Waals surface area contributed by atoms with Gasteiger partial charge in [-0.25, -0.2) is 14.8 Å². The number of carbonyl (C=O) groups is 1. The van der Waals surface area contributed by atoms with E-state index in [2.05, 4.69) is 9.97 Å². The number of methoxy groups -OCH3 is 1. The van der Waals surface area contributed by atoms with Gasteiger partial charge in [0.05, 0.1) is 13.2 Å². The van der Waals surface area contributed by atoms with Crippen molar-refractivity contribution in [3.8, 4) is 11.4 Å². The quantitative estimate of drug-likeness (QED) is 0.802. The summed E-state index contributed by atoms with van der Waals surface area (Å²) in [6, 6.07) is 9.68. The summed E-state index contributed by atoms with van der Waals surface area (Å²) in [5, 5.41) is 0. The first-order chi connectivity index (χ1) is 10.8. The van der Waals surface area contributed by atoms with Crippen molar-refractivity contribution in [2.24, 2.45) is 0 Å². The van der Waals surface area contributed by atoms with Crippen molar-refractivity contribution in [1.29, 1.82) is 0 Å². The molecule has 6 nitrogen and oxygen atoms in total. The summed E-state index contributed by atoms with van der Waals surface area (Å²) < 4.78 is 10.3. The third-order valence-electron chi connectivity index (χ3n) is 3.48. The number of aromatic nitrogens is 2. The second kappa shape index (κ2) is 6.53. The molecule has 0 saturated carbocycles. The Hall–Kier alpha value is -2.47. The van der Waals surface area contributed by atoms with E-state index in [9.17, 15) is 4.79 Å². The number of hydrogen-bond acceptors (Lipinski definition) is 6. The number of anilines is 1. The van der Waals surface area contributed by atoms with Gasteiger partial charge in [0, 0.05) is 25.4 Å². The highest BCUT2D eigenvalue weighted by atomic mass is 16.5. The summed E-state index contributed by atoms with van der Waals surface area (Å²) in [6.07, 6.45) is 1.54. The molecule has 3 rings (SSSR count). The Morgan fingerprint density at radius 3 is 2.91 bits per heavy atom. The molecule has 2 heterocycles. The molecule has 0 unspecified atom stereocenters. The molecule has 114 valence electrons. The lowest BCUT2D eigenvalue weighted by Gasteiger charge is -2.22. The van der Waals surface area contributed by atoms with Gasteiger partial charge in [0.15, 0.2) is 5.82 Å². The number of hydrogen-bond donors (Lipinski definition) is 0. The fraction of sp³-hybridized carbons (Fsp3) is 0.312. The first-order valence-corrected chi connectivity index (χ1v) is 7.13. The van der Waals surface area contributed by atoms with Crippen molar-refractivity contribution in [1.82, 2.24) is 9.97 Å². The minimum Gasteiger partial charge on any atom is -0.460 e. The summed E-state index contributed by atoms with van der Waals surface area (Å²) in [5.74, 6) is 0.819. The number of cyclic esters (lactones) is 1. The molecule has 1 aliphatic heterocycles. The van der Waals surface area contributed by atoms with Crippen LogP contribution in [0.4, 0.5) is 5.82 Å². The van der Waals surface area contributed by atoms with Crippen molar-refractivity contribution in [2.45, 2.75) is 0 Å². The molecule has 0 fully saturated rings. The number of benzene rings is 1. The molecule has 22 heavy (non-hydrogen) atoms. The fourth-order valence-electron chi connectivity index (χ4n) is 2.34. The Bertz CT molecular complexity index is 661. The third-order valence-corrected chi connectivity index (χ3v) is 3.48. The second-order valence-electron chi connectivity index (χ2n) is 4.91. The van der Waals surface area contributed by atoms with Gasteiger partial charge in [0.2, 0.25) is 0 Å². The van der Waals surface area contributed by atoms with E-state index in [4.69, 9.17) is 9.47 Å². The van der Waals surface area contributed by atoms with Gasteiger partial charge in [-0.05, 0) is 0 Å². The van der Waals surface area contributed by atoms with Crippen LogP contribution in [0.15, 0.2) is 36.5 Å². The number of fused-ring (bicyclic) bond motifs is 1.